The average molecular weight is 413 g/mol. The summed E-state index contributed by atoms with van der Waals surface area (Å²) in [7, 11) is -3.70. The maximum absolute atomic E-state index is 14.4. The highest BCUT2D eigenvalue weighted by molar-refractivity contribution is 8.27. The van der Waals surface area contributed by atoms with Crippen LogP contribution in [0.15, 0.2) is 42.5 Å². The Hall–Kier alpha value is -1.91. The monoisotopic (exact) mass is 413 g/mol. The number of hydrogen-bond acceptors (Lipinski definition) is 6. The van der Waals surface area contributed by atoms with Gasteiger partial charge in [-0.3, -0.25) is 9.11 Å². The zero-order valence-corrected chi connectivity index (χ0v) is 16.6. The maximum Gasteiger partial charge on any atom is 0.151 e. The van der Waals surface area contributed by atoms with Crippen molar-refractivity contribution in [3.63, 3.8) is 0 Å². The van der Waals surface area contributed by atoms with Gasteiger partial charge in [0.05, 0.1) is 31.1 Å². The Labute approximate surface area is 165 Å². The van der Waals surface area contributed by atoms with Gasteiger partial charge in [-0.05, 0) is 35.2 Å². The van der Waals surface area contributed by atoms with E-state index in [-0.39, 0.29) is 13.2 Å². The summed E-state index contributed by atoms with van der Waals surface area (Å²) in [5.74, 6) is -1.74. The minimum Gasteiger partial charge on any atom is -0.378 e. The third-order valence-electron chi connectivity index (χ3n) is 4.29. The van der Waals surface area contributed by atoms with Crippen LogP contribution in [0.3, 0.4) is 0 Å². The van der Waals surface area contributed by atoms with Crippen molar-refractivity contribution in [2.75, 3.05) is 34.9 Å². The Balaban J connectivity index is 1.81. The van der Waals surface area contributed by atoms with E-state index >= 15 is 0 Å². The van der Waals surface area contributed by atoms with Crippen LogP contribution in [0.2, 0.25) is 0 Å². The zero-order chi connectivity index (χ0) is 20.3. The molecule has 0 aliphatic carbocycles. The van der Waals surface area contributed by atoms with Crippen LogP contribution < -0.4 is 13.9 Å². The number of ether oxygens (including phenoxy) is 1. The van der Waals surface area contributed by atoms with Gasteiger partial charge in [0.2, 0.25) is 0 Å². The first-order valence-corrected chi connectivity index (χ1v) is 10.5. The molecule has 9 heteroatoms. The van der Waals surface area contributed by atoms with Crippen molar-refractivity contribution in [1.29, 1.82) is 0 Å². The summed E-state index contributed by atoms with van der Waals surface area (Å²) in [5, 5.41) is 3.22. The number of anilines is 3. The maximum atomic E-state index is 14.4. The Morgan fingerprint density at radius 3 is 2.29 bits per heavy atom. The SMILES string of the molecule is CC(C)NCCOCCN1c2ccccc2N(c2c(F)cccc2F)S1(O)O. The van der Waals surface area contributed by atoms with Gasteiger partial charge in [0.15, 0.2) is 11.6 Å². The molecule has 6 nitrogen and oxygen atoms in total. The quantitative estimate of drug-likeness (QED) is 0.553. The zero-order valence-electron chi connectivity index (χ0n) is 15.8. The van der Waals surface area contributed by atoms with Crippen molar-refractivity contribution >= 4 is 28.0 Å². The molecule has 154 valence electrons. The standard InChI is InChI=1S/C19H25F2N3O3S/c1-14(2)22-10-12-27-13-11-23-17-8-3-4-9-18(17)24(28(23,25)26)19-15(20)6-5-7-16(19)21/h3-9,14,22,25-26H,10-13H2,1-2H3. The van der Waals surface area contributed by atoms with Gasteiger partial charge >= 0.3 is 0 Å². The van der Waals surface area contributed by atoms with Crippen LogP contribution in [0.5, 0.6) is 0 Å². The first-order chi connectivity index (χ1) is 13.3. The van der Waals surface area contributed by atoms with E-state index in [0.29, 0.717) is 30.6 Å². The topological polar surface area (TPSA) is 68.2 Å². The molecule has 0 unspecified atom stereocenters. The highest BCUT2D eigenvalue weighted by Crippen LogP contribution is 2.64. The first-order valence-electron chi connectivity index (χ1n) is 9.04. The lowest BCUT2D eigenvalue weighted by Crippen LogP contribution is -2.34. The van der Waals surface area contributed by atoms with Crippen molar-refractivity contribution in [1.82, 2.24) is 5.32 Å². The summed E-state index contributed by atoms with van der Waals surface area (Å²) < 4.78 is 58.4. The molecule has 0 atom stereocenters. The molecule has 0 bridgehead atoms. The van der Waals surface area contributed by atoms with E-state index < -0.39 is 28.3 Å². The average Bonchev–Trinajstić information content (AvgIpc) is 2.85. The summed E-state index contributed by atoms with van der Waals surface area (Å²) in [5.41, 5.74) is 0.321. The van der Waals surface area contributed by atoms with Crippen LogP contribution in [0.25, 0.3) is 0 Å². The molecule has 0 saturated heterocycles. The highest BCUT2D eigenvalue weighted by Gasteiger charge is 2.43. The number of halogens is 2. The smallest absolute Gasteiger partial charge is 0.151 e. The molecule has 1 aliphatic rings. The third-order valence-corrected chi connectivity index (χ3v) is 6.13. The lowest BCUT2D eigenvalue weighted by molar-refractivity contribution is 0.142. The molecule has 28 heavy (non-hydrogen) atoms. The van der Waals surface area contributed by atoms with Gasteiger partial charge in [0.1, 0.15) is 5.69 Å². The van der Waals surface area contributed by atoms with Gasteiger partial charge in [-0.1, -0.05) is 32.0 Å². The van der Waals surface area contributed by atoms with Crippen LogP contribution >= 0.6 is 11.0 Å². The Morgan fingerprint density at radius 1 is 1.00 bits per heavy atom. The van der Waals surface area contributed by atoms with Crippen molar-refractivity contribution < 1.29 is 22.6 Å². The first kappa shape index (κ1) is 20.8. The Bertz CT molecular complexity index is 803. The molecule has 0 spiro atoms. The second kappa shape index (κ2) is 8.62. The van der Waals surface area contributed by atoms with Crippen LogP contribution in [0.1, 0.15) is 13.8 Å². The number of hydrogen-bond donors (Lipinski definition) is 3. The second-order valence-electron chi connectivity index (χ2n) is 6.67. The number of benzene rings is 2. The fraction of sp³-hybridized carbons (Fsp3) is 0.368. The summed E-state index contributed by atoms with van der Waals surface area (Å²) in [6, 6.07) is 10.5. The van der Waals surface area contributed by atoms with Crippen LogP contribution in [-0.4, -0.2) is 41.5 Å². The van der Waals surface area contributed by atoms with Gasteiger partial charge in [0.25, 0.3) is 0 Å². The molecule has 0 radical (unpaired) electrons. The van der Waals surface area contributed by atoms with E-state index in [4.69, 9.17) is 4.74 Å². The Morgan fingerprint density at radius 2 is 1.64 bits per heavy atom. The van der Waals surface area contributed by atoms with E-state index in [1.807, 2.05) is 13.8 Å². The number of para-hydroxylation sites is 3. The van der Waals surface area contributed by atoms with Gasteiger partial charge < -0.3 is 10.1 Å². The number of fused-ring (bicyclic) bond motifs is 1. The number of nitrogens with one attached hydrogen (secondary N) is 1. The normalized spacial score (nSPS) is 16.5. The van der Waals surface area contributed by atoms with Crippen molar-refractivity contribution in [3.8, 4) is 0 Å². The predicted molar refractivity (Wildman–Crippen MR) is 109 cm³/mol. The molecule has 0 fully saturated rings. The minimum absolute atomic E-state index is 0.160. The summed E-state index contributed by atoms with van der Waals surface area (Å²) in [4.78, 5) is 0. The van der Waals surface area contributed by atoms with Gasteiger partial charge in [-0.2, -0.15) is 0 Å². The number of rotatable bonds is 8. The lowest BCUT2D eigenvalue weighted by atomic mass is 10.2. The molecule has 3 N–H and O–H groups in total. The third kappa shape index (κ3) is 4.08. The van der Waals surface area contributed by atoms with Crippen LogP contribution in [0, 0.1) is 11.6 Å². The molecule has 3 rings (SSSR count). The minimum atomic E-state index is -3.70. The fourth-order valence-electron chi connectivity index (χ4n) is 3.05. The van der Waals surface area contributed by atoms with E-state index in [2.05, 4.69) is 5.32 Å². The summed E-state index contributed by atoms with van der Waals surface area (Å²) in [6.07, 6.45) is 0. The molecule has 2 aromatic rings. The predicted octanol–water partition coefficient (Wildman–Crippen LogP) is 4.52. The van der Waals surface area contributed by atoms with E-state index in [1.165, 1.54) is 10.4 Å². The van der Waals surface area contributed by atoms with Crippen molar-refractivity contribution in [2.24, 2.45) is 0 Å². The van der Waals surface area contributed by atoms with Crippen molar-refractivity contribution in [2.45, 2.75) is 19.9 Å². The fourth-order valence-corrected chi connectivity index (χ4v) is 4.82. The molecule has 0 aromatic heterocycles. The second-order valence-corrected chi connectivity index (χ2v) is 8.45. The van der Waals surface area contributed by atoms with E-state index in [0.717, 1.165) is 16.4 Å². The van der Waals surface area contributed by atoms with Crippen LogP contribution in [0.4, 0.5) is 25.8 Å². The van der Waals surface area contributed by atoms with Crippen molar-refractivity contribution in [3.05, 3.63) is 54.1 Å². The summed E-state index contributed by atoms with van der Waals surface area (Å²) in [6.45, 7) is 5.61. The molecular weight excluding hydrogens is 388 g/mol. The highest BCUT2D eigenvalue weighted by atomic mass is 32.3. The van der Waals surface area contributed by atoms with Crippen LogP contribution in [-0.2, 0) is 4.74 Å². The van der Waals surface area contributed by atoms with Gasteiger partial charge in [0, 0.05) is 12.6 Å². The van der Waals surface area contributed by atoms with Gasteiger partial charge in [-0.25, -0.2) is 17.4 Å². The van der Waals surface area contributed by atoms with E-state index in [9.17, 15) is 17.9 Å². The molecule has 2 aromatic carbocycles. The molecular formula is C19H25F2N3O3S. The summed E-state index contributed by atoms with van der Waals surface area (Å²) >= 11 is 0. The largest absolute Gasteiger partial charge is 0.378 e. The molecule has 0 amide bonds. The molecule has 1 aliphatic heterocycles. The molecule has 1 heterocycles. The lowest BCUT2D eigenvalue weighted by Gasteiger charge is -2.43. The van der Waals surface area contributed by atoms with E-state index in [1.54, 1.807) is 24.3 Å². The van der Waals surface area contributed by atoms with Gasteiger partial charge in [-0.15, -0.1) is 0 Å². The molecule has 0 saturated carbocycles. The number of nitrogens with zero attached hydrogens (tertiary/aromatic N) is 2. The Kier molecular flexibility index (Phi) is 6.41.